The van der Waals surface area contributed by atoms with Crippen molar-refractivity contribution >= 4 is 57.8 Å². The number of nitrogens with zero attached hydrogens (tertiary/aromatic N) is 1. The van der Waals surface area contributed by atoms with Crippen LogP contribution in [0.2, 0.25) is 10.0 Å². The van der Waals surface area contributed by atoms with Crippen LogP contribution in [0.3, 0.4) is 0 Å². The molecule has 2 aromatic rings. The van der Waals surface area contributed by atoms with Crippen LogP contribution in [0, 0.1) is 0 Å². The lowest BCUT2D eigenvalue weighted by Crippen LogP contribution is -2.35. The maximum Gasteiger partial charge on any atom is 0.261 e. The first-order valence-corrected chi connectivity index (χ1v) is 10.2. The van der Waals surface area contributed by atoms with Gasteiger partial charge in [0.05, 0.1) is 29.1 Å². The van der Waals surface area contributed by atoms with E-state index < -0.39 is 5.91 Å². The van der Waals surface area contributed by atoms with E-state index in [9.17, 15) is 4.79 Å². The summed E-state index contributed by atoms with van der Waals surface area (Å²) < 4.78 is 5.23. The minimum absolute atomic E-state index is 0.174. The Morgan fingerprint density at radius 3 is 2.61 bits per heavy atom. The minimum atomic E-state index is -0.404. The predicted molar refractivity (Wildman–Crippen MR) is 119 cm³/mol. The molecule has 0 aliphatic carbocycles. The molecule has 148 valence electrons. The number of para-hydroxylation sites is 1. The molecule has 1 heterocycles. The van der Waals surface area contributed by atoms with E-state index in [1.165, 1.54) is 19.6 Å². The van der Waals surface area contributed by atoms with Crippen molar-refractivity contribution in [2.45, 2.75) is 19.3 Å². The molecule has 2 N–H and O–H groups in total. The van der Waals surface area contributed by atoms with Crippen molar-refractivity contribution in [3.8, 4) is 5.75 Å². The van der Waals surface area contributed by atoms with E-state index in [0.29, 0.717) is 21.4 Å². The zero-order valence-corrected chi connectivity index (χ0v) is 17.8. The Balaban J connectivity index is 1.76. The van der Waals surface area contributed by atoms with Crippen molar-refractivity contribution in [1.29, 1.82) is 0 Å². The van der Waals surface area contributed by atoms with Crippen LogP contribution < -0.4 is 20.3 Å². The molecule has 28 heavy (non-hydrogen) atoms. The SMILES string of the molecule is COc1ccc(Cl)cc1C(=O)NC(=S)Nc1cccc(Cl)c1N1CCCCC1. The lowest BCUT2D eigenvalue weighted by atomic mass is 10.1. The number of anilines is 2. The molecule has 0 aromatic heterocycles. The number of methoxy groups -OCH3 is 1. The number of amides is 1. The van der Waals surface area contributed by atoms with E-state index in [2.05, 4.69) is 15.5 Å². The number of thiocarbonyl (C=S) groups is 1. The molecule has 1 fully saturated rings. The largest absolute Gasteiger partial charge is 0.496 e. The van der Waals surface area contributed by atoms with E-state index in [0.717, 1.165) is 37.3 Å². The van der Waals surface area contributed by atoms with E-state index in [1.54, 1.807) is 12.1 Å². The molecule has 0 saturated carbocycles. The van der Waals surface area contributed by atoms with Crippen LogP contribution in [-0.2, 0) is 0 Å². The Hall–Kier alpha value is -2.02. The molecular formula is C20H21Cl2N3O2S. The summed E-state index contributed by atoms with van der Waals surface area (Å²) in [6.07, 6.45) is 3.47. The highest BCUT2D eigenvalue weighted by molar-refractivity contribution is 7.80. The van der Waals surface area contributed by atoms with Crippen molar-refractivity contribution in [2.24, 2.45) is 0 Å². The zero-order chi connectivity index (χ0) is 20.1. The van der Waals surface area contributed by atoms with Crippen molar-refractivity contribution < 1.29 is 9.53 Å². The van der Waals surface area contributed by atoms with Gasteiger partial charge >= 0.3 is 0 Å². The highest BCUT2D eigenvalue weighted by Gasteiger charge is 2.19. The second-order valence-electron chi connectivity index (χ2n) is 6.44. The summed E-state index contributed by atoms with van der Waals surface area (Å²) in [7, 11) is 1.49. The topological polar surface area (TPSA) is 53.6 Å². The van der Waals surface area contributed by atoms with Crippen LogP contribution >= 0.6 is 35.4 Å². The number of ether oxygens (including phenoxy) is 1. The van der Waals surface area contributed by atoms with Gasteiger partial charge in [-0.05, 0) is 61.8 Å². The van der Waals surface area contributed by atoms with Crippen LogP contribution in [-0.4, -0.2) is 31.2 Å². The standard InChI is InChI=1S/C20H21Cl2N3O2S/c1-27-17-9-8-13(21)12-14(17)19(26)24-20(28)23-16-7-5-6-15(22)18(16)25-10-3-2-4-11-25/h5-9,12H,2-4,10-11H2,1H3,(H2,23,24,26,28). The molecular weight excluding hydrogens is 417 g/mol. The number of carbonyl (C=O) groups is 1. The number of nitrogens with one attached hydrogen (secondary N) is 2. The summed E-state index contributed by atoms with van der Waals surface area (Å²) in [4.78, 5) is 14.9. The Kier molecular flexibility index (Phi) is 6.99. The van der Waals surface area contributed by atoms with Gasteiger partial charge in [0.1, 0.15) is 5.75 Å². The molecule has 0 atom stereocenters. The molecule has 1 aliphatic heterocycles. The van der Waals surface area contributed by atoms with Gasteiger partial charge in [-0.2, -0.15) is 0 Å². The van der Waals surface area contributed by atoms with Gasteiger partial charge < -0.3 is 15.0 Å². The minimum Gasteiger partial charge on any atom is -0.496 e. The van der Waals surface area contributed by atoms with Crippen LogP contribution in [0.1, 0.15) is 29.6 Å². The van der Waals surface area contributed by atoms with Crippen molar-refractivity contribution in [3.05, 3.63) is 52.0 Å². The maximum absolute atomic E-state index is 12.6. The number of piperidine rings is 1. The third kappa shape index (κ3) is 4.87. The maximum atomic E-state index is 12.6. The van der Waals surface area contributed by atoms with Crippen LogP contribution in [0.25, 0.3) is 0 Å². The average molecular weight is 438 g/mol. The number of carbonyl (C=O) groups excluding carboxylic acids is 1. The summed E-state index contributed by atoms with van der Waals surface area (Å²) in [5, 5.41) is 7.04. The van der Waals surface area contributed by atoms with E-state index in [1.807, 2.05) is 18.2 Å². The van der Waals surface area contributed by atoms with E-state index >= 15 is 0 Å². The molecule has 1 saturated heterocycles. The molecule has 3 rings (SSSR count). The van der Waals surface area contributed by atoms with Gasteiger partial charge in [0, 0.05) is 18.1 Å². The molecule has 0 bridgehead atoms. The highest BCUT2D eigenvalue weighted by Crippen LogP contribution is 2.35. The van der Waals surface area contributed by atoms with Crippen LogP contribution in [0.4, 0.5) is 11.4 Å². The second-order valence-corrected chi connectivity index (χ2v) is 7.69. The third-order valence-corrected chi connectivity index (χ3v) is 5.28. The lowest BCUT2D eigenvalue weighted by molar-refractivity contribution is 0.0975. The zero-order valence-electron chi connectivity index (χ0n) is 15.4. The number of rotatable bonds is 4. The molecule has 0 spiro atoms. The summed E-state index contributed by atoms with van der Waals surface area (Å²) >= 11 is 17.8. The smallest absolute Gasteiger partial charge is 0.261 e. The first kappa shape index (κ1) is 20.7. The van der Waals surface area contributed by atoms with E-state index in [4.69, 9.17) is 40.2 Å². The fourth-order valence-corrected chi connectivity index (χ4v) is 3.91. The molecule has 5 nitrogen and oxygen atoms in total. The Bertz CT molecular complexity index is 886. The Morgan fingerprint density at radius 2 is 1.89 bits per heavy atom. The molecule has 8 heteroatoms. The molecule has 2 aromatic carbocycles. The van der Waals surface area contributed by atoms with Gasteiger partial charge in [-0.1, -0.05) is 29.3 Å². The van der Waals surface area contributed by atoms with E-state index in [-0.39, 0.29) is 5.11 Å². The number of hydrogen-bond donors (Lipinski definition) is 2. The molecule has 0 unspecified atom stereocenters. The van der Waals surface area contributed by atoms with Crippen molar-refractivity contribution in [2.75, 3.05) is 30.4 Å². The second kappa shape index (κ2) is 9.45. The molecule has 1 aliphatic rings. The Labute approximate surface area is 180 Å². The van der Waals surface area contributed by atoms with Crippen LogP contribution in [0.5, 0.6) is 5.75 Å². The predicted octanol–water partition coefficient (Wildman–Crippen LogP) is 5.12. The first-order valence-electron chi connectivity index (χ1n) is 8.99. The normalized spacial score (nSPS) is 13.8. The van der Waals surface area contributed by atoms with Gasteiger partial charge in [-0.15, -0.1) is 0 Å². The number of benzene rings is 2. The summed E-state index contributed by atoms with van der Waals surface area (Å²) in [6.45, 7) is 1.88. The summed E-state index contributed by atoms with van der Waals surface area (Å²) in [5.74, 6) is 0.0138. The third-order valence-electron chi connectivity index (χ3n) is 4.54. The van der Waals surface area contributed by atoms with Crippen molar-refractivity contribution in [3.63, 3.8) is 0 Å². The van der Waals surface area contributed by atoms with Crippen molar-refractivity contribution in [1.82, 2.24) is 5.32 Å². The lowest BCUT2D eigenvalue weighted by Gasteiger charge is -2.31. The highest BCUT2D eigenvalue weighted by atomic mass is 35.5. The molecule has 1 amide bonds. The fraction of sp³-hybridized carbons (Fsp3) is 0.300. The van der Waals surface area contributed by atoms with Crippen LogP contribution in [0.15, 0.2) is 36.4 Å². The summed E-state index contributed by atoms with van der Waals surface area (Å²) in [6, 6.07) is 10.4. The van der Waals surface area contributed by atoms with Gasteiger partial charge in [-0.25, -0.2) is 0 Å². The van der Waals surface area contributed by atoms with Gasteiger partial charge in [-0.3, -0.25) is 10.1 Å². The van der Waals surface area contributed by atoms with Gasteiger partial charge in [0.15, 0.2) is 5.11 Å². The quantitative estimate of drug-likeness (QED) is 0.650. The fourth-order valence-electron chi connectivity index (χ4n) is 3.24. The average Bonchev–Trinajstić information content (AvgIpc) is 2.68. The first-order chi connectivity index (χ1) is 13.5. The Morgan fingerprint density at radius 1 is 1.14 bits per heavy atom. The molecule has 0 radical (unpaired) electrons. The van der Waals surface area contributed by atoms with Gasteiger partial charge in [0.25, 0.3) is 5.91 Å². The summed E-state index contributed by atoms with van der Waals surface area (Å²) in [5.41, 5.74) is 1.97. The number of hydrogen-bond acceptors (Lipinski definition) is 4. The monoisotopic (exact) mass is 437 g/mol. The van der Waals surface area contributed by atoms with Gasteiger partial charge in [0.2, 0.25) is 0 Å². The number of halogens is 2.